The molecule has 0 saturated carbocycles. The van der Waals surface area contributed by atoms with Crippen LogP contribution in [0.4, 0.5) is 0 Å². The zero-order valence-corrected chi connectivity index (χ0v) is 10.0. The number of amides is 1. The molecule has 2 fully saturated rings. The first-order valence-electron chi connectivity index (χ1n) is 6.22. The lowest BCUT2D eigenvalue weighted by Crippen LogP contribution is -2.51. The van der Waals surface area contributed by atoms with Crippen LogP contribution in [0, 0.1) is 6.92 Å². The summed E-state index contributed by atoms with van der Waals surface area (Å²) in [6.07, 6.45) is 3.47. The quantitative estimate of drug-likeness (QED) is 0.785. The molecule has 0 aromatic carbocycles. The number of pyridine rings is 1. The van der Waals surface area contributed by atoms with Crippen LogP contribution in [0.1, 0.15) is 30.1 Å². The Morgan fingerprint density at radius 2 is 2.41 bits per heavy atom. The van der Waals surface area contributed by atoms with Gasteiger partial charge in [0.05, 0.1) is 17.8 Å². The van der Waals surface area contributed by atoms with Gasteiger partial charge >= 0.3 is 0 Å². The molecule has 2 unspecified atom stereocenters. The van der Waals surface area contributed by atoms with Gasteiger partial charge in [0.15, 0.2) is 0 Å². The molecule has 0 bridgehead atoms. The minimum absolute atomic E-state index is 0.205. The van der Waals surface area contributed by atoms with Crippen molar-refractivity contribution in [3.63, 3.8) is 0 Å². The van der Waals surface area contributed by atoms with Gasteiger partial charge in [0, 0.05) is 25.7 Å². The first-order chi connectivity index (χ1) is 8.27. The summed E-state index contributed by atoms with van der Waals surface area (Å²) in [4.78, 5) is 18.3. The van der Waals surface area contributed by atoms with Gasteiger partial charge in [-0.15, -0.1) is 0 Å². The minimum Gasteiger partial charge on any atom is -0.336 e. The van der Waals surface area contributed by atoms with Gasteiger partial charge in [0.1, 0.15) is 0 Å². The third-order valence-electron chi connectivity index (χ3n) is 3.82. The molecule has 2 atom stereocenters. The molecule has 90 valence electrons. The number of nitrogens with one attached hydrogen (secondary N) is 1. The number of carbonyl (C=O) groups is 1. The van der Waals surface area contributed by atoms with Crippen molar-refractivity contribution >= 4 is 5.91 Å². The summed E-state index contributed by atoms with van der Waals surface area (Å²) >= 11 is 0. The van der Waals surface area contributed by atoms with E-state index in [2.05, 4.69) is 23.3 Å². The van der Waals surface area contributed by atoms with Crippen LogP contribution >= 0.6 is 0 Å². The second kappa shape index (κ2) is 4.11. The zero-order chi connectivity index (χ0) is 11.8. The molecule has 1 aromatic rings. The van der Waals surface area contributed by atoms with E-state index in [1.54, 1.807) is 0 Å². The van der Waals surface area contributed by atoms with Gasteiger partial charge in [-0.3, -0.25) is 9.78 Å². The maximum atomic E-state index is 11.7. The van der Waals surface area contributed by atoms with Gasteiger partial charge < -0.3 is 10.2 Å². The summed E-state index contributed by atoms with van der Waals surface area (Å²) in [6.45, 7) is 3.79. The van der Waals surface area contributed by atoms with Crippen LogP contribution in [0.3, 0.4) is 0 Å². The van der Waals surface area contributed by atoms with Crippen molar-refractivity contribution in [1.82, 2.24) is 15.2 Å². The third kappa shape index (κ3) is 1.72. The van der Waals surface area contributed by atoms with Crippen LogP contribution < -0.4 is 5.32 Å². The number of hydrogen-bond donors (Lipinski definition) is 1. The molecule has 0 aliphatic carbocycles. The van der Waals surface area contributed by atoms with E-state index in [0.29, 0.717) is 18.4 Å². The Bertz CT molecular complexity index is 446. The normalized spacial score (nSPS) is 28.3. The van der Waals surface area contributed by atoms with Crippen molar-refractivity contribution in [2.24, 2.45) is 0 Å². The van der Waals surface area contributed by atoms with Crippen LogP contribution in [0.2, 0.25) is 0 Å². The molecule has 0 spiro atoms. The predicted molar refractivity (Wildman–Crippen MR) is 64.5 cm³/mol. The number of nitrogens with zero attached hydrogens (tertiary/aromatic N) is 2. The standard InChI is InChI=1S/C13H17N3O/c1-9-3-2-6-14-12(9)13-10-4-5-11(17)16(10)8-7-15-13/h2-3,6,10,13,15H,4-5,7-8H2,1H3. The molecule has 4 nitrogen and oxygen atoms in total. The summed E-state index contributed by atoms with van der Waals surface area (Å²) in [7, 11) is 0. The first-order valence-corrected chi connectivity index (χ1v) is 6.22. The average Bonchev–Trinajstić information content (AvgIpc) is 2.72. The van der Waals surface area contributed by atoms with E-state index in [0.717, 1.165) is 25.2 Å². The Labute approximate surface area is 101 Å². The van der Waals surface area contributed by atoms with Gasteiger partial charge in [-0.25, -0.2) is 0 Å². The Morgan fingerprint density at radius 1 is 1.53 bits per heavy atom. The smallest absolute Gasteiger partial charge is 0.223 e. The lowest BCUT2D eigenvalue weighted by Gasteiger charge is -2.37. The van der Waals surface area contributed by atoms with Crippen molar-refractivity contribution in [1.29, 1.82) is 0 Å². The summed E-state index contributed by atoms with van der Waals surface area (Å²) in [5, 5.41) is 3.51. The predicted octanol–water partition coefficient (Wildman–Crippen LogP) is 1.03. The maximum absolute atomic E-state index is 11.7. The fourth-order valence-electron chi connectivity index (χ4n) is 2.97. The van der Waals surface area contributed by atoms with Crippen molar-refractivity contribution in [3.05, 3.63) is 29.6 Å². The fourth-order valence-corrected chi connectivity index (χ4v) is 2.97. The molecule has 2 aliphatic heterocycles. The van der Waals surface area contributed by atoms with E-state index in [1.807, 2.05) is 17.2 Å². The highest BCUT2D eigenvalue weighted by atomic mass is 16.2. The summed E-state index contributed by atoms with van der Waals surface area (Å²) < 4.78 is 0. The third-order valence-corrected chi connectivity index (χ3v) is 3.82. The number of carbonyl (C=O) groups excluding carboxylic acids is 1. The van der Waals surface area contributed by atoms with Crippen LogP contribution in [0.5, 0.6) is 0 Å². The Balaban J connectivity index is 1.93. The summed E-state index contributed by atoms with van der Waals surface area (Å²) in [5.41, 5.74) is 2.29. The molecule has 17 heavy (non-hydrogen) atoms. The zero-order valence-electron chi connectivity index (χ0n) is 10.0. The number of piperazine rings is 1. The first kappa shape index (κ1) is 10.7. The van der Waals surface area contributed by atoms with E-state index in [4.69, 9.17) is 0 Å². The van der Waals surface area contributed by atoms with E-state index in [-0.39, 0.29) is 6.04 Å². The van der Waals surface area contributed by atoms with E-state index < -0.39 is 0 Å². The lowest BCUT2D eigenvalue weighted by atomic mass is 9.97. The highest BCUT2D eigenvalue weighted by Crippen LogP contribution is 2.32. The molecule has 2 aliphatic rings. The number of fused-ring (bicyclic) bond motifs is 1. The Hall–Kier alpha value is -1.42. The van der Waals surface area contributed by atoms with Crippen molar-refractivity contribution in [3.8, 4) is 0 Å². The van der Waals surface area contributed by atoms with Gasteiger partial charge in [0.2, 0.25) is 5.91 Å². The molecular formula is C13H17N3O. The molecule has 1 amide bonds. The highest BCUT2D eigenvalue weighted by molar-refractivity contribution is 5.79. The van der Waals surface area contributed by atoms with E-state index >= 15 is 0 Å². The molecule has 1 aromatic heterocycles. The molecule has 4 heteroatoms. The van der Waals surface area contributed by atoms with Crippen molar-refractivity contribution < 1.29 is 4.79 Å². The molecular weight excluding hydrogens is 214 g/mol. The molecule has 1 N–H and O–H groups in total. The number of hydrogen-bond acceptors (Lipinski definition) is 3. The number of aromatic nitrogens is 1. The second-order valence-corrected chi connectivity index (χ2v) is 4.83. The topological polar surface area (TPSA) is 45.2 Å². The summed E-state index contributed by atoms with van der Waals surface area (Å²) in [5.74, 6) is 0.301. The molecule has 3 heterocycles. The molecule has 2 saturated heterocycles. The molecule has 3 rings (SSSR count). The van der Waals surface area contributed by atoms with E-state index in [1.165, 1.54) is 5.56 Å². The van der Waals surface area contributed by atoms with Gasteiger partial charge in [0.25, 0.3) is 0 Å². The van der Waals surface area contributed by atoms with Crippen LogP contribution in [-0.2, 0) is 4.79 Å². The lowest BCUT2D eigenvalue weighted by molar-refractivity contribution is -0.130. The monoisotopic (exact) mass is 231 g/mol. The maximum Gasteiger partial charge on any atom is 0.223 e. The SMILES string of the molecule is Cc1cccnc1C1NCCN2C(=O)CCC12. The Morgan fingerprint density at radius 3 is 3.24 bits per heavy atom. The molecule has 0 radical (unpaired) electrons. The minimum atomic E-state index is 0.205. The van der Waals surface area contributed by atoms with Crippen LogP contribution in [0.25, 0.3) is 0 Å². The number of rotatable bonds is 1. The average molecular weight is 231 g/mol. The summed E-state index contributed by atoms with van der Waals surface area (Å²) in [6, 6.07) is 4.54. The second-order valence-electron chi connectivity index (χ2n) is 4.83. The van der Waals surface area contributed by atoms with Crippen molar-refractivity contribution in [2.75, 3.05) is 13.1 Å². The number of aryl methyl sites for hydroxylation is 1. The van der Waals surface area contributed by atoms with Gasteiger partial charge in [-0.1, -0.05) is 6.07 Å². The van der Waals surface area contributed by atoms with Crippen LogP contribution in [-0.4, -0.2) is 34.9 Å². The fraction of sp³-hybridized carbons (Fsp3) is 0.538. The Kier molecular flexibility index (Phi) is 2.59. The van der Waals surface area contributed by atoms with Crippen molar-refractivity contribution in [2.45, 2.75) is 31.8 Å². The van der Waals surface area contributed by atoms with Gasteiger partial charge in [-0.2, -0.15) is 0 Å². The highest BCUT2D eigenvalue weighted by Gasteiger charge is 2.40. The van der Waals surface area contributed by atoms with E-state index in [9.17, 15) is 4.79 Å². The van der Waals surface area contributed by atoms with Gasteiger partial charge in [-0.05, 0) is 25.0 Å². The largest absolute Gasteiger partial charge is 0.336 e. The van der Waals surface area contributed by atoms with Crippen LogP contribution in [0.15, 0.2) is 18.3 Å².